The smallest absolute Gasteiger partial charge is 0.326 e. The summed E-state index contributed by atoms with van der Waals surface area (Å²) >= 11 is 1.49. The molecule has 7 N–H and O–H groups in total. The minimum atomic E-state index is -1.14. The highest BCUT2D eigenvalue weighted by atomic mass is 32.2. The molecular formula is C25H40N4O6S. The lowest BCUT2D eigenvalue weighted by Crippen LogP contribution is -2.59. The number of carbonyl (C=O) groups is 4. The number of hydrogen-bond donors (Lipinski definition) is 6. The number of aliphatic carboxylic acids is 1. The van der Waals surface area contributed by atoms with Crippen LogP contribution in [0.3, 0.4) is 0 Å². The number of rotatable bonds is 15. The average molecular weight is 525 g/mol. The highest BCUT2D eigenvalue weighted by molar-refractivity contribution is 7.98. The van der Waals surface area contributed by atoms with Crippen LogP contribution in [0.5, 0.6) is 5.75 Å². The SMILES string of the molecule is CCC(C)C(NC(=O)C(CCSC)NC(=O)C(NC(=O)C(N)Cc1ccc(O)cc1)C(C)C)C(=O)O. The van der Waals surface area contributed by atoms with Gasteiger partial charge in [-0.2, -0.15) is 11.8 Å². The molecule has 0 saturated carbocycles. The fraction of sp³-hybridized carbons (Fsp3) is 0.600. The van der Waals surface area contributed by atoms with Gasteiger partial charge in [-0.05, 0) is 54.4 Å². The second-order valence-electron chi connectivity index (χ2n) is 9.26. The zero-order valence-electron chi connectivity index (χ0n) is 21.6. The van der Waals surface area contributed by atoms with Crippen molar-refractivity contribution in [2.24, 2.45) is 17.6 Å². The van der Waals surface area contributed by atoms with E-state index in [9.17, 15) is 29.4 Å². The van der Waals surface area contributed by atoms with Crippen LogP contribution in [0, 0.1) is 11.8 Å². The van der Waals surface area contributed by atoms with Crippen LogP contribution >= 0.6 is 11.8 Å². The van der Waals surface area contributed by atoms with Crippen LogP contribution in [0.4, 0.5) is 0 Å². The number of nitrogens with two attached hydrogens (primary N) is 1. The van der Waals surface area contributed by atoms with Crippen molar-refractivity contribution in [3.8, 4) is 5.75 Å². The Hall–Kier alpha value is -2.79. The van der Waals surface area contributed by atoms with Crippen LogP contribution in [0.2, 0.25) is 0 Å². The number of thioether (sulfide) groups is 1. The van der Waals surface area contributed by atoms with Crippen LogP contribution in [0.1, 0.15) is 46.1 Å². The number of carboxylic acid groups (broad SMARTS) is 1. The Morgan fingerprint density at radius 3 is 2.03 bits per heavy atom. The number of carboxylic acids is 1. The topological polar surface area (TPSA) is 171 Å². The van der Waals surface area contributed by atoms with Crippen LogP contribution in [0.15, 0.2) is 24.3 Å². The van der Waals surface area contributed by atoms with Crippen molar-refractivity contribution < 1.29 is 29.4 Å². The molecule has 0 bridgehead atoms. The average Bonchev–Trinajstić information content (AvgIpc) is 2.83. The Labute approximate surface area is 217 Å². The van der Waals surface area contributed by atoms with Crippen molar-refractivity contribution in [1.29, 1.82) is 0 Å². The van der Waals surface area contributed by atoms with E-state index in [1.165, 1.54) is 23.9 Å². The molecule has 0 spiro atoms. The fourth-order valence-corrected chi connectivity index (χ4v) is 3.95. The summed E-state index contributed by atoms with van der Waals surface area (Å²) in [4.78, 5) is 50.5. The quantitative estimate of drug-likeness (QED) is 0.199. The summed E-state index contributed by atoms with van der Waals surface area (Å²) < 4.78 is 0. The minimum absolute atomic E-state index is 0.104. The Bertz CT molecular complexity index is 880. The second-order valence-corrected chi connectivity index (χ2v) is 10.2. The van der Waals surface area contributed by atoms with Crippen molar-refractivity contribution in [3.05, 3.63) is 29.8 Å². The summed E-state index contributed by atoms with van der Waals surface area (Å²) in [7, 11) is 0. The number of hydrogen-bond acceptors (Lipinski definition) is 7. The highest BCUT2D eigenvalue weighted by Crippen LogP contribution is 2.12. The number of nitrogens with one attached hydrogen (secondary N) is 3. The van der Waals surface area contributed by atoms with Gasteiger partial charge in [-0.15, -0.1) is 0 Å². The zero-order valence-corrected chi connectivity index (χ0v) is 22.4. The summed E-state index contributed by atoms with van der Waals surface area (Å²) in [5, 5.41) is 26.8. The number of phenolic OH excluding ortho intramolecular Hbond substituents is 1. The summed E-state index contributed by atoms with van der Waals surface area (Å²) in [6.45, 7) is 7.09. The molecule has 0 saturated heterocycles. The molecule has 0 aliphatic carbocycles. The fourth-order valence-electron chi connectivity index (χ4n) is 3.48. The molecule has 5 unspecified atom stereocenters. The van der Waals surface area contributed by atoms with E-state index in [1.807, 2.05) is 13.2 Å². The van der Waals surface area contributed by atoms with E-state index in [2.05, 4.69) is 16.0 Å². The van der Waals surface area contributed by atoms with Gasteiger partial charge in [0.25, 0.3) is 0 Å². The Kier molecular flexibility index (Phi) is 13.3. The van der Waals surface area contributed by atoms with Crippen LogP contribution in [-0.4, -0.2) is 70.1 Å². The van der Waals surface area contributed by atoms with Gasteiger partial charge in [0.15, 0.2) is 0 Å². The number of carbonyl (C=O) groups excluding carboxylic acids is 3. The zero-order chi connectivity index (χ0) is 27.4. The highest BCUT2D eigenvalue weighted by Gasteiger charge is 2.32. The Balaban J connectivity index is 2.92. The molecule has 202 valence electrons. The molecule has 1 rings (SSSR count). The van der Waals surface area contributed by atoms with Gasteiger partial charge in [0.1, 0.15) is 23.9 Å². The van der Waals surface area contributed by atoms with Crippen LogP contribution < -0.4 is 21.7 Å². The van der Waals surface area contributed by atoms with E-state index in [0.29, 0.717) is 18.6 Å². The van der Waals surface area contributed by atoms with Gasteiger partial charge in [-0.25, -0.2) is 4.79 Å². The van der Waals surface area contributed by atoms with E-state index in [0.717, 1.165) is 5.56 Å². The van der Waals surface area contributed by atoms with E-state index in [1.54, 1.807) is 32.9 Å². The largest absolute Gasteiger partial charge is 0.508 e. The van der Waals surface area contributed by atoms with Crippen LogP contribution in [0.25, 0.3) is 0 Å². The maximum Gasteiger partial charge on any atom is 0.326 e. The molecule has 5 atom stereocenters. The van der Waals surface area contributed by atoms with Gasteiger partial charge < -0.3 is 31.9 Å². The number of benzene rings is 1. The van der Waals surface area contributed by atoms with E-state index in [-0.39, 0.29) is 24.0 Å². The lowest BCUT2D eigenvalue weighted by molar-refractivity contribution is -0.144. The first-order valence-corrected chi connectivity index (χ1v) is 13.5. The molecule has 0 aliphatic heterocycles. The molecule has 36 heavy (non-hydrogen) atoms. The lowest BCUT2D eigenvalue weighted by atomic mass is 9.98. The van der Waals surface area contributed by atoms with Crippen molar-refractivity contribution in [2.75, 3.05) is 12.0 Å². The van der Waals surface area contributed by atoms with Gasteiger partial charge in [-0.1, -0.05) is 46.2 Å². The number of amides is 3. The molecule has 10 nitrogen and oxygen atoms in total. The first-order valence-electron chi connectivity index (χ1n) is 12.1. The van der Waals surface area contributed by atoms with Crippen molar-refractivity contribution in [3.63, 3.8) is 0 Å². The molecule has 11 heteroatoms. The maximum absolute atomic E-state index is 13.1. The van der Waals surface area contributed by atoms with Crippen molar-refractivity contribution in [2.45, 2.75) is 71.1 Å². The van der Waals surface area contributed by atoms with Gasteiger partial charge in [-0.3, -0.25) is 14.4 Å². The summed E-state index contributed by atoms with van der Waals surface area (Å²) in [6, 6.07) is 2.42. The first-order chi connectivity index (χ1) is 16.9. The summed E-state index contributed by atoms with van der Waals surface area (Å²) in [5.41, 5.74) is 6.80. The van der Waals surface area contributed by atoms with Gasteiger partial charge >= 0.3 is 5.97 Å². The molecule has 0 fully saturated rings. The molecule has 0 aliphatic rings. The molecule has 1 aromatic rings. The van der Waals surface area contributed by atoms with E-state index >= 15 is 0 Å². The van der Waals surface area contributed by atoms with E-state index in [4.69, 9.17) is 5.73 Å². The van der Waals surface area contributed by atoms with Crippen molar-refractivity contribution >= 4 is 35.5 Å². The standard InChI is InChI=1S/C25H40N4O6S/c1-6-15(4)21(25(34)35)29-23(32)19(11-12-36-5)27-24(33)20(14(2)3)28-22(31)18(26)13-16-7-9-17(30)10-8-16/h7-10,14-15,18-21,30H,6,11-13,26H2,1-5H3,(H,27,33)(H,28,31)(H,29,32)(H,34,35). The predicted molar refractivity (Wildman–Crippen MR) is 141 cm³/mol. The van der Waals surface area contributed by atoms with Crippen LogP contribution in [-0.2, 0) is 25.6 Å². The number of phenols is 1. The molecule has 3 amide bonds. The van der Waals surface area contributed by atoms with Gasteiger partial charge in [0.05, 0.1) is 6.04 Å². The van der Waals surface area contributed by atoms with Gasteiger partial charge in [0, 0.05) is 0 Å². The van der Waals surface area contributed by atoms with Crippen molar-refractivity contribution in [1.82, 2.24) is 16.0 Å². The molecule has 1 aromatic carbocycles. The molecule has 0 heterocycles. The lowest BCUT2D eigenvalue weighted by Gasteiger charge is -2.28. The third-order valence-electron chi connectivity index (χ3n) is 6.00. The third-order valence-corrected chi connectivity index (χ3v) is 6.64. The molecule has 0 radical (unpaired) electrons. The van der Waals surface area contributed by atoms with E-state index < -0.39 is 47.9 Å². The molecular weight excluding hydrogens is 484 g/mol. The summed E-state index contributed by atoms with van der Waals surface area (Å²) in [6.07, 6.45) is 2.93. The Morgan fingerprint density at radius 2 is 1.53 bits per heavy atom. The predicted octanol–water partition coefficient (Wildman–Crippen LogP) is 1.26. The first kappa shape index (κ1) is 31.2. The second kappa shape index (κ2) is 15.4. The van der Waals surface area contributed by atoms with Gasteiger partial charge in [0.2, 0.25) is 17.7 Å². The monoisotopic (exact) mass is 524 g/mol. The normalized spacial score (nSPS) is 15.3. The third kappa shape index (κ3) is 10.1. The Morgan fingerprint density at radius 1 is 0.944 bits per heavy atom. The minimum Gasteiger partial charge on any atom is -0.508 e. The summed E-state index contributed by atoms with van der Waals surface area (Å²) in [5.74, 6) is -2.71. The molecule has 0 aromatic heterocycles. The maximum atomic E-state index is 13.1. The number of aromatic hydroxyl groups is 1.